The van der Waals surface area contributed by atoms with Gasteiger partial charge in [0, 0.05) is 36.8 Å². The van der Waals surface area contributed by atoms with Crippen LogP contribution in [0, 0.1) is 0 Å². The van der Waals surface area contributed by atoms with Gasteiger partial charge in [-0.2, -0.15) is 11.8 Å². The van der Waals surface area contributed by atoms with Gasteiger partial charge in [0.05, 0.1) is 0 Å². The van der Waals surface area contributed by atoms with Crippen LogP contribution in [0.1, 0.15) is 33.3 Å². The summed E-state index contributed by atoms with van der Waals surface area (Å²) < 4.78 is 2.28. The van der Waals surface area contributed by atoms with Gasteiger partial charge < -0.3 is 9.88 Å². The molecule has 1 N–H and O–H groups in total. The molecule has 2 nitrogen and oxygen atoms in total. The Hall–Kier alpha value is -0.410. The third kappa shape index (κ3) is 5.61. The molecule has 16 heavy (non-hydrogen) atoms. The smallest absolute Gasteiger partial charge is 0.0310 e. The standard InChI is InChI=1S/C13H24N2S/c1-5-16-9-8-15-7-6-12(11-15)10-14-13(2,3)4/h6-7,11,14H,5,8-10H2,1-4H3. The van der Waals surface area contributed by atoms with Crippen molar-refractivity contribution in [2.45, 2.75) is 46.3 Å². The highest BCUT2D eigenvalue weighted by molar-refractivity contribution is 7.99. The second-order valence-electron chi connectivity index (χ2n) is 5.06. The molecule has 0 spiro atoms. The van der Waals surface area contributed by atoms with Crippen LogP contribution in [-0.2, 0) is 13.1 Å². The number of thioether (sulfide) groups is 1. The van der Waals surface area contributed by atoms with E-state index >= 15 is 0 Å². The Labute approximate surface area is 104 Å². The van der Waals surface area contributed by atoms with E-state index in [0.29, 0.717) is 0 Å². The average Bonchev–Trinajstić information content (AvgIpc) is 2.62. The molecule has 0 aromatic carbocycles. The first-order valence-corrected chi connectivity index (χ1v) is 7.14. The van der Waals surface area contributed by atoms with Gasteiger partial charge in [0.1, 0.15) is 0 Å². The fourth-order valence-electron chi connectivity index (χ4n) is 1.42. The van der Waals surface area contributed by atoms with E-state index in [1.807, 2.05) is 11.8 Å². The van der Waals surface area contributed by atoms with Gasteiger partial charge in [-0.25, -0.2) is 0 Å². The Bertz CT molecular complexity index is 299. The van der Waals surface area contributed by atoms with Crippen molar-refractivity contribution < 1.29 is 0 Å². The molecule has 92 valence electrons. The third-order valence-corrected chi connectivity index (χ3v) is 3.21. The maximum absolute atomic E-state index is 3.50. The second kappa shape index (κ2) is 6.36. The van der Waals surface area contributed by atoms with Crippen molar-refractivity contribution in [3.63, 3.8) is 0 Å². The molecule has 1 aromatic rings. The van der Waals surface area contributed by atoms with Gasteiger partial charge in [0.2, 0.25) is 0 Å². The number of nitrogens with one attached hydrogen (secondary N) is 1. The summed E-state index contributed by atoms with van der Waals surface area (Å²) in [5.74, 6) is 2.41. The molecule has 1 heterocycles. The SMILES string of the molecule is CCSCCn1ccc(CNC(C)(C)C)c1. The fourth-order valence-corrected chi connectivity index (χ4v) is 2.04. The molecule has 0 radical (unpaired) electrons. The van der Waals surface area contributed by atoms with Crippen LogP contribution in [0.4, 0.5) is 0 Å². The number of nitrogens with zero attached hydrogens (tertiary/aromatic N) is 1. The largest absolute Gasteiger partial charge is 0.353 e. The normalized spacial score (nSPS) is 12.0. The van der Waals surface area contributed by atoms with E-state index in [9.17, 15) is 0 Å². The molecule has 0 bridgehead atoms. The summed E-state index contributed by atoms with van der Waals surface area (Å²) in [6.45, 7) is 10.9. The molecular weight excluding hydrogens is 216 g/mol. The lowest BCUT2D eigenvalue weighted by Crippen LogP contribution is -2.34. The summed E-state index contributed by atoms with van der Waals surface area (Å²) in [5.41, 5.74) is 1.57. The van der Waals surface area contributed by atoms with Crippen molar-refractivity contribution >= 4 is 11.8 Å². The van der Waals surface area contributed by atoms with Crippen molar-refractivity contribution in [2.75, 3.05) is 11.5 Å². The van der Waals surface area contributed by atoms with Crippen molar-refractivity contribution in [3.05, 3.63) is 24.0 Å². The van der Waals surface area contributed by atoms with Crippen LogP contribution in [0.25, 0.3) is 0 Å². The minimum atomic E-state index is 0.195. The highest BCUT2D eigenvalue weighted by Gasteiger charge is 2.08. The summed E-state index contributed by atoms with van der Waals surface area (Å²) in [5, 5.41) is 3.50. The molecule has 0 aliphatic rings. The zero-order chi connectivity index (χ0) is 12.0. The van der Waals surface area contributed by atoms with Gasteiger partial charge in [-0.05, 0) is 38.2 Å². The Morgan fingerprint density at radius 1 is 1.38 bits per heavy atom. The first kappa shape index (κ1) is 13.7. The van der Waals surface area contributed by atoms with Crippen molar-refractivity contribution in [1.29, 1.82) is 0 Å². The van der Waals surface area contributed by atoms with Gasteiger partial charge >= 0.3 is 0 Å². The van der Waals surface area contributed by atoms with E-state index in [4.69, 9.17) is 0 Å². The molecule has 3 heteroatoms. The van der Waals surface area contributed by atoms with E-state index in [1.54, 1.807) is 0 Å². The zero-order valence-corrected chi connectivity index (χ0v) is 11.7. The zero-order valence-electron chi connectivity index (χ0n) is 10.9. The maximum atomic E-state index is 3.50. The molecule has 0 saturated carbocycles. The van der Waals surface area contributed by atoms with E-state index in [-0.39, 0.29) is 5.54 Å². The lowest BCUT2D eigenvalue weighted by molar-refractivity contribution is 0.424. The molecule has 0 unspecified atom stereocenters. The summed E-state index contributed by atoms with van der Waals surface area (Å²) in [7, 11) is 0. The lowest BCUT2D eigenvalue weighted by Gasteiger charge is -2.19. The number of hydrogen-bond donors (Lipinski definition) is 1. The van der Waals surface area contributed by atoms with Gasteiger partial charge in [0.25, 0.3) is 0 Å². The molecule has 1 aromatic heterocycles. The summed E-state index contributed by atoms with van der Waals surface area (Å²) in [6.07, 6.45) is 4.42. The number of rotatable bonds is 6. The van der Waals surface area contributed by atoms with Crippen LogP contribution in [-0.4, -0.2) is 21.6 Å². The molecule has 1 rings (SSSR count). The monoisotopic (exact) mass is 240 g/mol. The topological polar surface area (TPSA) is 17.0 Å². The molecule has 0 fully saturated rings. The fraction of sp³-hybridized carbons (Fsp3) is 0.692. The van der Waals surface area contributed by atoms with Crippen molar-refractivity contribution in [3.8, 4) is 0 Å². The Morgan fingerprint density at radius 3 is 2.75 bits per heavy atom. The second-order valence-corrected chi connectivity index (χ2v) is 6.45. The van der Waals surface area contributed by atoms with Gasteiger partial charge in [0.15, 0.2) is 0 Å². The maximum Gasteiger partial charge on any atom is 0.0310 e. The minimum absolute atomic E-state index is 0.195. The molecule has 0 aliphatic carbocycles. The molecule has 0 amide bonds. The Morgan fingerprint density at radius 2 is 2.12 bits per heavy atom. The van der Waals surface area contributed by atoms with E-state index in [1.165, 1.54) is 17.1 Å². The summed E-state index contributed by atoms with van der Waals surface area (Å²) in [4.78, 5) is 0. The number of aryl methyl sites for hydroxylation is 1. The van der Waals surface area contributed by atoms with E-state index < -0.39 is 0 Å². The number of aromatic nitrogens is 1. The van der Waals surface area contributed by atoms with Crippen LogP contribution >= 0.6 is 11.8 Å². The lowest BCUT2D eigenvalue weighted by atomic mass is 10.1. The summed E-state index contributed by atoms with van der Waals surface area (Å²) >= 11 is 1.99. The highest BCUT2D eigenvalue weighted by Crippen LogP contribution is 2.07. The average molecular weight is 240 g/mol. The van der Waals surface area contributed by atoms with Crippen LogP contribution < -0.4 is 5.32 Å². The van der Waals surface area contributed by atoms with Crippen LogP contribution in [0.15, 0.2) is 18.5 Å². The van der Waals surface area contributed by atoms with Crippen molar-refractivity contribution in [2.24, 2.45) is 0 Å². The first-order chi connectivity index (χ1) is 7.51. The predicted molar refractivity (Wildman–Crippen MR) is 74.0 cm³/mol. The quantitative estimate of drug-likeness (QED) is 0.769. The molecule has 0 saturated heterocycles. The predicted octanol–water partition coefficient (Wildman–Crippen LogP) is 3.13. The van der Waals surface area contributed by atoms with E-state index in [2.05, 4.69) is 56.0 Å². The first-order valence-electron chi connectivity index (χ1n) is 5.98. The van der Waals surface area contributed by atoms with E-state index in [0.717, 1.165) is 13.1 Å². The van der Waals surface area contributed by atoms with Crippen LogP contribution in [0.5, 0.6) is 0 Å². The molecular formula is C13H24N2S. The summed E-state index contributed by atoms with van der Waals surface area (Å²) in [6, 6.07) is 2.20. The third-order valence-electron chi connectivity index (χ3n) is 2.33. The van der Waals surface area contributed by atoms with Crippen LogP contribution in [0.3, 0.4) is 0 Å². The Balaban J connectivity index is 2.33. The van der Waals surface area contributed by atoms with Gasteiger partial charge in [-0.3, -0.25) is 0 Å². The van der Waals surface area contributed by atoms with Crippen molar-refractivity contribution in [1.82, 2.24) is 9.88 Å². The number of hydrogen-bond acceptors (Lipinski definition) is 2. The molecule has 0 atom stereocenters. The molecule has 0 aliphatic heterocycles. The van der Waals surface area contributed by atoms with Gasteiger partial charge in [-0.15, -0.1) is 0 Å². The Kier molecular flexibility index (Phi) is 5.42. The minimum Gasteiger partial charge on any atom is -0.353 e. The van der Waals surface area contributed by atoms with Crippen LogP contribution in [0.2, 0.25) is 0 Å². The highest BCUT2D eigenvalue weighted by atomic mass is 32.2. The van der Waals surface area contributed by atoms with Gasteiger partial charge in [-0.1, -0.05) is 6.92 Å².